The summed E-state index contributed by atoms with van der Waals surface area (Å²) in [6, 6.07) is 12.5. The molecule has 0 bridgehead atoms. The Morgan fingerprint density at radius 1 is 1.15 bits per heavy atom. The van der Waals surface area contributed by atoms with Gasteiger partial charge in [-0.25, -0.2) is 8.42 Å². The van der Waals surface area contributed by atoms with Crippen LogP contribution in [0.3, 0.4) is 0 Å². The van der Waals surface area contributed by atoms with Crippen molar-refractivity contribution in [2.75, 3.05) is 22.4 Å². The summed E-state index contributed by atoms with van der Waals surface area (Å²) >= 11 is 6.12. The molecule has 2 aromatic carbocycles. The molecule has 2 rings (SSSR count). The van der Waals surface area contributed by atoms with Gasteiger partial charge in [-0.1, -0.05) is 48.9 Å². The third-order valence-electron chi connectivity index (χ3n) is 4.07. The number of anilines is 2. The van der Waals surface area contributed by atoms with E-state index in [4.69, 9.17) is 11.6 Å². The minimum Gasteiger partial charge on any atom is -0.326 e. The Bertz CT molecular complexity index is 897. The number of benzene rings is 2. The molecule has 0 aliphatic rings. The highest BCUT2D eigenvalue weighted by molar-refractivity contribution is 7.92. The molecule has 0 saturated carbocycles. The van der Waals surface area contributed by atoms with Gasteiger partial charge in [0.1, 0.15) is 0 Å². The van der Waals surface area contributed by atoms with Crippen LogP contribution in [0.25, 0.3) is 0 Å². The average Bonchev–Trinajstić information content (AvgIpc) is 2.57. The average molecular weight is 395 g/mol. The van der Waals surface area contributed by atoms with Gasteiger partial charge in [0.25, 0.3) is 0 Å². The summed E-state index contributed by atoms with van der Waals surface area (Å²) in [4.78, 5) is 12.4. The molecule has 0 heterocycles. The fourth-order valence-corrected chi connectivity index (χ4v) is 3.95. The zero-order chi connectivity index (χ0) is 19.3. The van der Waals surface area contributed by atoms with E-state index in [1.54, 1.807) is 24.3 Å². The summed E-state index contributed by atoms with van der Waals surface area (Å²) in [7, 11) is -3.56. The Hall–Kier alpha value is -2.05. The molecule has 0 fully saturated rings. The lowest BCUT2D eigenvalue weighted by Crippen LogP contribution is -2.33. The van der Waals surface area contributed by atoms with Crippen molar-refractivity contribution < 1.29 is 13.2 Å². The van der Waals surface area contributed by atoms with Crippen LogP contribution >= 0.6 is 11.6 Å². The van der Waals surface area contributed by atoms with Gasteiger partial charge in [0.2, 0.25) is 15.9 Å². The summed E-state index contributed by atoms with van der Waals surface area (Å²) in [6.07, 6.45) is 1.92. The van der Waals surface area contributed by atoms with E-state index >= 15 is 0 Å². The topological polar surface area (TPSA) is 66.5 Å². The van der Waals surface area contributed by atoms with Crippen molar-refractivity contribution in [3.63, 3.8) is 0 Å². The number of hydrogen-bond donors (Lipinski definition) is 1. The third kappa shape index (κ3) is 4.99. The summed E-state index contributed by atoms with van der Waals surface area (Å²) < 4.78 is 25.5. The van der Waals surface area contributed by atoms with Crippen LogP contribution in [0.1, 0.15) is 24.5 Å². The van der Waals surface area contributed by atoms with Gasteiger partial charge >= 0.3 is 0 Å². The molecule has 0 unspecified atom stereocenters. The SMILES string of the molecule is CCc1cccc(C)c1NC(=O)CCN(c1ccccc1Cl)S(C)(=O)=O. The molecule has 0 aromatic heterocycles. The van der Waals surface area contributed by atoms with Crippen molar-refractivity contribution in [1.82, 2.24) is 0 Å². The minimum absolute atomic E-state index is 0.0156. The van der Waals surface area contributed by atoms with E-state index in [0.29, 0.717) is 10.7 Å². The molecule has 7 heteroatoms. The molecule has 2 aromatic rings. The molecule has 0 radical (unpaired) electrons. The van der Waals surface area contributed by atoms with Crippen LogP contribution in [0.5, 0.6) is 0 Å². The molecule has 0 aliphatic carbocycles. The molecular formula is C19H23ClN2O3S. The van der Waals surface area contributed by atoms with Crippen molar-refractivity contribution >= 4 is 38.9 Å². The number of rotatable bonds is 7. The molecule has 0 spiro atoms. The number of carbonyl (C=O) groups is 1. The first-order valence-electron chi connectivity index (χ1n) is 8.34. The van der Waals surface area contributed by atoms with Crippen LogP contribution in [-0.2, 0) is 21.2 Å². The van der Waals surface area contributed by atoms with Crippen LogP contribution in [0, 0.1) is 6.92 Å². The Balaban J connectivity index is 2.15. The number of sulfonamides is 1. The Morgan fingerprint density at radius 3 is 2.46 bits per heavy atom. The molecular weight excluding hydrogens is 372 g/mol. The van der Waals surface area contributed by atoms with E-state index in [1.165, 1.54) is 0 Å². The van der Waals surface area contributed by atoms with Gasteiger partial charge in [-0.2, -0.15) is 0 Å². The predicted molar refractivity (Wildman–Crippen MR) is 107 cm³/mol. The van der Waals surface area contributed by atoms with E-state index in [2.05, 4.69) is 5.32 Å². The Morgan fingerprint density at radius 2 is 1.85 bits per heavy atom. The first kappa shape index (κ1) is 20.3. The van der Waals surface area contributed by atoms with Crippen LogP contribution in [0.2, 0.25) is 5.02 Å². The zero-order valence-corrected chi connectivity index (χ0v) is 16.7. The van der Waals surface area contributed by atoms with Gasteiger partial charge in [-0.15, -0.1) is 0 Å². The first-order chi connectivity index (χ1) is 12.2. The second kappa shape index (κ2) is 8.56. The molecule has 1 amide bonds. The second-order valence-electron chi connectivity index (χ2n) is 6.05. The fraction of sp³-hybridized carbons (Fsp3) is 0.316. The lowest BCUT2D eigenvalue weighted by molar-refractivity contribution is -0.116. The fourth-order valence-electron chi connectivity index (χ4n) is 2.73. The number of aryl methyl sites for hydroxylation is 2. The second-order valence-corrected chi connectivity index (χ2v) is 8.36. The first-order valence-corrected chi connectivity index (χ1v) is 10.6. The van der Waals surface area contributed by atoms with Crippen LogP contribution < -0.4 is 9.62 Å². The lowest BCUT2D eigenvalue weighted by atomic mass is 10.1. The monoisotopic (exact) mass is 394 g/mol. The lowest BCUT2D eigenvalue weighted by Gasteiger charge is -2.23. The largest absolute Gasteiger partial charge is 0.326 e. The summed E-state index contributed by atoms with van der Waals surface area (Å²) in [5.74, 6) is -0.241. The molecule has 5 nitrogen and oxygen atoms in total. The molecule has 0 aliphatic heterocycles. The number of halogens is 1. The van der Waals surface area contributed by atoms with Crippen molar-refractivity contribution in [3.8, 4) is 0 Å². The Kier molecular flexibility index (Phi) is 6.67. The van der Waals surface area contributed by atoms with Crippen molar-refractivity contribution in [2.45, 2.75) is 26.7 Å². The molecule has 140 valence electrons. The van der Waals surface area contributed by atoms with Gasteiger partial charge in [0, 0.05) is 18.7 Å². The standard InChI is InChI=1S/C19H23ClN2O3S/c1-4-15-9-7-8-14(2)19(15)21-18(23)12-13-22(26(3,24)25)17-11-6-5-10-16(17)20/h5-11H,4,12-13H2,1-3H3,(H,21,23). The van der Waals surface area contributed by atoms with Gasteiger partial charge < -0.3 is 5.32 Å². The maximum absolute atomic E-state index is 12.4. The van der Waals surface area contributed by atoms with Crippen molar-refractivity contribution in [3.05, 3.63) is 58.6 Å². The smallest absolute Gasteiger partial charge is 0.232 e. The number of hydrogen-bond acceptors (Lipinski definition) is 3. The van der Waals surface area contributed by atoms with Crippen LogP contribution in [0.4, 0.5) is 11.4 Å². The molecule has 0 atom stereocenters. The Labute approximate surface area is 160 Å². The molecule has 1 N–H and O–H groups in total. The molecule has 0 saturated heterocycles. The highest BCUT2D eigenvalue weighted by Crippen LogP contribution is 2.27. The minimum atomic E-state index is -3.56. The highest BCUT2D eigenvalue weighted by atomic mass is 35.5. The summed E-state index contributed by atoms with van der Waals surface area (Å²) in [5, 5.41) is 3.23. The summed E-state index contributed by atoms with van der Waals surface area (Å²) in [5.41, 5.74) is 3.19. The number of amides is 1. The van der Waals surface area contributed by atoms with Crippen LogP contribution in [-0.4, -0.2) is 27.1 Å². The summed E-state index contributed by atoms with van der Waals surface area (Å²) in [6.45, 7) is 3.97. The maximum Gasteiger partial charge on any atom is 0.232 e. The quantitative estimate of drug-likeness (QED) is 0.771. The van der Waals surface area contributed by atoms with Gasteiger partial charge in [0.15, 0.2) is 0 Å². The van der Waals surface area contributed by atoms with Gasteiger partial charge in [-0.3, -0.25) is 9.10 Å². The zero-order valence-electron chi connectivity index (χ0n) is 15.1. The van der Waals surface area contributed by atoms with E-state index < -0.39 is 10.0 Å². The van der Waals surface area contributed by atoms with Crippen LogP contribution in [0.15, 0.2) is 42.5 Å². The highest BCUT2D eigenvalue weighted by Gasteiger charge is 2.21. The number of para-hydroxylation sites is 2. The van der Waals surface area contributed by atoms with Gasteiger partial charge in [-0.05, 0) is 36.6 Å². The predicted octanol–water partition coefficient (Wildman–Crippen LogP) is 4.01. The third-order valence-corrected chi connectivity index (χ3v) is 5.57. The van der Waals surface area contributed by atoms with Gasteiger partial charge in [0.05, 0.1) is 17.0 Å². The van der Waals surface area contributed by atoms with Crippen molar-refractivity contribution in [1.29, 1.82) is 0 Å². The number of nitrogens with one attached hydrogen (secondary N) is 1. The van der Waals surface area contributed by atoms with E-state index in [-0.39, 0.29) is 18.9 Å². The maximum atomic E-state index is 12.4. The van der Waals surface area contributed by atoms with E-state index in [9.17, 15) is 13.2 Å². The van der Waals surface area contributed by atoms with Crippen molar-refractivity contribution in [2.24, 2.45) is 0 Å². The van der Waals surface area contributed by atoms with E-state index in [1.807, 2.05) is 32.0 Å². The number of carbonyl (C=O) groups excluding carboxylic acids is 1. The van der Waals surface area contributed by atoms with E-state index in [0.717, 1.165) is 33.8 Å². The molecule has 26 heavy (non-hydrogen) atoms. The normalized spacial score (nSPS) is 11.2. The number of nitrogens with zero attached hydrogens (tertiary/aromatic N) is 1.